The van der Waals surface area contributed by atoms with Gasteiger partial charge < -0.3 is 19.3 Å². The molecule has 1 saturated heterocycles. The number of aryl methyl sites for hydroxylation is 1. The van der Waals surface area contributed by atoms with E-state index in [2.05, 4.69) is 11.8 Å². The third-order valence-electron chi connectivity index (χ3n) is 8.05. The summed E-state index contributed by atoms with van der Waals surface area (Å²) >= 11 is 6.25. The van der Waals surface area contributed by atoms with Crippen molar-refractivity contribution in [2.24, 2.45) is 0 Å². The predicted molar refractivity (Wildman–Crippen MR) is 154 cm³/mol. The molecule has 0 saturated carbocycles. The molecular formula is C31H32ClN5O2. The first-order valence-corrected chi connectivity index (χ1v) is 13.9. The summed E-state index contributed by atoms with van der Waals surface area (Å²) in [5.74, 6) is 0.781. The number of piperazine rings is 1. The van der Waals surface area contributed by atoms with Crippen molar-refractivity contribution in [1.82, 2.24) is 19.4 Å². The highest BCUT2D eigenvalue weighted by atomic mass is 35.5. The summed E-state index contributed by atoms with van der Waals surface area (Å²) in [7, 11) is 0. The average molecular weight is 542 g/mol. The van der Waals surface area contributed by atoms with E-state index in [1.807, 2.05) is 94.1 Å². The van der Waals surface area contributed by atoms with Gasteiger partial charge in [0.15, 0.2) is 0 Å². The molecule has 6 rings (SSSR count). The molecule has 0 spiro atoms. The number of hydrogen-bond donors (Lipinski definition) is 0. The van der Waals surface area contributed by atoms with Gasteiger partial charge in [0.25, 0.3) is 0 Å². The molecule has 2 aliphatic heterocycles. The molecule has 4 aromatic rings. The number of anilines is 1. The number of halogens is 1. The van der Waals surface area contributed by atoms with E-state index in [-0.39, 0.29) is 24.3 Å². The van der Waals surface area contributed by atoms with Crippen molar-refractivity contribution in [2.45, 2.75) is 38.9 Å². The van der Waals surface area contributed by atoms with E-state index in [0.717, 1.165) is 41.2 Å². The Hall–Kier alpha value is -3.84. The number of rotatable bonds is 5. The number of nitrogens with zero attached hydrogens (tertiary/aromatic N) is 5. The van der Waals surface area contributed by atoms with Crippen LogP contribution >= 0.6 is 11.6 Å². The molecule has 3 aromatic carbocycles. The number of benzene rings is 3. The van der Waals surface area contributed by atoms with Gasteiger partial charge in [-0.15, -0.1) is 0 Å². The van der Waals surface area contributed by atoms with Gasteiger partial charge in [0.05, 0.1) is 23.5 Å². The lowest BCUT2D eigenvalue weighted by molar-refractivity contribution is -0.144. The van der Waals surface area contributed by atoms with E-state index in [1.54, 1.807) is 0 Å². The van der Waals surface area contributed by atoms with Crippen LogP contribution in [-0.2, 0) is 16.1 Å². The minimum atomic E-state index is -0.631. The Morgan fingerprint density at radius 3 is 2.46 bits per heavy atom. The quantitative estimate of drug-likeness (QED) is 0.340. The second-order valence-electron chi connectivity index (χ2n) is 10.5. The van der Waals surface area contributed by atoms with Crippen LogP contribution in [0.5, 0.6) is 0 Å². The first-order valence-electron chi connectivity index (χ1n) is 13.5. The lowest BCUT2D eigenvalue weighted by Gasteiger charge is -2.40. The fraction of sp³-hybridized carbons (Fsp3) is 0.323. The second-order valence-corrected chi connectivity index (χ2v) is 10.9. The lowest BCUT2D eigenvalue weighted by atomic mass is 10.0. The Kier molecular flexibility index (Phi) is 6.77. The van der Waals surface area contributed by atoms with Gasteiger partial charge in [-0.3, -0.25) is 9.59 Å². The molecule has 2 unspecified atom stereocenters. The highest BCUT2D eigenvalue weighted by Crippen LogP contribution is 2.37. The van der Waals surface area contributed by atoms with Crippen LogP contribution in [0.4, 0.5) is 5.69 Å². The van der Waals surface area contributed by atoms with Crippen LogP contribution in [0.2, 0.25) is 5.02 Å². The highest BCUT2D eigenvalue weighted by Gasteiger charge is 2.41. The number of imidazole rings is 1. The van der Waals surface area contributed by atoms with Crippen LogP contribution in [0.3, 0.4) is 0 Å². The van der Waals surface area contributed by atoms with Gasteiger partial charge in [-0.1, -0.05) is 60.1 Å². The fourth-order valence-electron chi connectivity index (χ4n) is 5.91. The maximum Gasteiger partial charge on any atom is 0.247 e. The van der Waals surface area contributed by atoms with Crippen LogP contribution in [-0.4, -0.2) is 57.3 Å². The van der Waals surface area contributed by atoms with E-state index in [1.165, 1.54) is 5.56 Å². The molecular weight excluding hydrogens is 510 g/mol. The normalized spacial score (nSPS) is 19.5. The molecule has 3 heterocycles. The molecule has 2 aliphatic rings. The molecule has 200 valence electrons. The largest absolute Gasteiger partial charge is 0.368 e. The smallest absolute Gasteiger partial charge is 0.247 e. The number of hydrogen-bond acceptors (Lipinski definition) is 4. The van der Waals surface area contributed by atoms with Crippen molar-refractivity contribution in [1.29, 1.82) is 0 Å². The Bertz CT molecular complexity index is 1530. The fourth-order valence-corrected chi connectivity index (χ4v) is 6.07. The molecule has 1 aromatic heterocycles. The molecule has 0 aliphatic carbocycles. The Balaban J connectivity index is 1.25. The molecule has 0 bridgehead atoms. The van der Waals surface area contributed by atoms with E-state index < -0.39 is 6.04 Å². The van der Waals surface area contributed by atoms with Crippen molar-refractivity contribution in [3.63, 3.8) is 0 Å². The van der Waals surface area contributed by atoms with E-state index in [4.69, 9.17) is 16.6 Å². The Morgan fingerprint density at radius 2 is 1.69 bits per heavy atom. The van der Waals surface area contributed by atoms with E-state index in [0.29, 0.717) is 24.7 Å². The second kappa shape index (κ2) is 10.4. The van der Waals surface area contributed by atoms with Crippen molar-refractivity contribution in [3.05, 3.63) is 94.8 Å². The average Bonchev–Trinajstić information content (AvgIpc) is 3.35. The Morgan fingerprint density at radius 1 is 0.974 bits per heavy atom. The number of fused-ring (bicyclic) bond motifs is 3. The van der Waals surface area contributed by atoms with Gasteiger partial charge in [-0.25, -0.2) is 4.98 Å². The standard InChI is InChI=1S/C31H32ClN5O2/c1-21-12-13-24(32)18-27(21)34-14-16-35(17-15-34)29(38)19-28-31(39)36(20-23-8-4-3-5-9-23)22(2)30-33-25-10-6-7-11-26(25)37(28)30/h3-13,18,22,28H,14-17,19-20H2,1-2H3. The van der Waals surface area contributed by atoms with Gasteiger partial charge in [0.2, 0.25) is 11.8 Å². The molecule has 1 fully saturated rings. The van der Waals surface area contributed by atoms with Crippen LogP contribution in [0.1, 0.15) is 42.4 Å². The van der Waals surface area contributed by atoms with Crippen LogP contribution in [0.25, 0.3) is 11.0 Å². The van der Waals surface area contributed by atoms with Crippen molar-refractivity contribution >= 4 is 40.1 Å². The van der Waals surface area contributed by atoms with Crippen molar-refractivity contribution < 1.29 is 9.59 Å². The maximum atomic E-state index is 14.1. The summed E-state index contributed by atoms with van der Waals surface area (Å²) in [5, 5.41) is 0.711. The topological polar surface area (TPSA) is 61.7 Å². The summed E-state index contributed by atoms with van der Waals surface area (Å²) in [6.45, 7) is 7.23. The minimum absolute atomic E-state index is 0.00578. The molecule has 2 atom stereocenters. The summed E-state index contributed by atoms with van der Waals surface area (Å²) in [6, 6.07) is 22.9. The van der Waals surface area contributed by atoms with E-state index >= 15 is 0 Å². The zero-order valence-electron chi connectivity index (χ0n) is 22.3. The first-order chi connectivity index (χ1) is 18.9. The van der Waals surface area contributed by atoms with Gasteiger partial charge in [0.1, 0.15) is 11.9 Å². The zero-order chi connectivity index (χ0) is 27.1. The highest BCUT2D eigenvalue weighted by molar-refractivity contribution is 6.30. The number of carbonyl (C=O) groups excluding carboxylic acids is 2. The van der Waals surface area contributed by atoms with Crippen molar-refractivity contribution in [3.8, 4) is 0 Å². The van der Waals surface area contributed by atoms with Crippen LogP contribution in [0, 0.1) is 6.92 Å². The van der Waals surface area contributed by atoms with Crippen LogP contribution in [0.15, 0.2) is 72.8 Å². The number of para-hydroxylation sites is 2. The summed E-state index contributed by atoms with van der Waals surface area (Å²) in [5.41, 5.74) is 5.07. The van der Waals surface area contributed by atoms with E-state index in [9.17, 15) is 9.59 Å². The summed E-state index contributed by atoms with van der Waals surface area (Å²) < 4.78 is 2.01. The number of amides is 2. The summed E-state index contributed by atoms with van der Waals surface area (Å²) in [4.78, 5) is 38.7. The third-order valence-corrected chi connectivity index (χ3v) is 8.29. The lowest BCUT2D eigenvalue weighted by Crippen LogP contribution is -2.51. The monoisotopic (exact) mass is 541 g/mol. The number of aromatic nitrogens is 2. The van der Waals surface area contributed by atoms with Crippen LogP contribution < -0.4 is 4.90 Å². The zero-order valence-corrected chi connectivity index (χ0v) is 23.0. The van der Waals surface area contributed by atoms with Gasteiger partial charge in [0, 0.05) is 43.4 Å². The minimum Gasteiger partial charge on any atom is -0.368 e. The third kappa shape index (κ3) is 4.76. The predicted octanol–water partition coefficient (Wildman–Crippen LogP) is 5.38. The molecule has 2 amide bonds. The molecule has 0 radical (unpaired) electrons. The molecule has 7 nitrogen and oxygen atoms in total. The molecule has 39 heavy (non-hydrogen) atoms. The first kappa shape index (κ1) is 25.4. The maximum absolute atomic E-state index is 14.1. The van der Waals surface area contributed by atoms with Gasteiger partial charge in [-0.2, -0.15) is 0 Å². The van der Waals surface area contributed by atoms with Gasteiger partial charge >= 0.3 is 0 Å². The molecule has 0 N–H and O–H groups in total. The number of carbonyl (C=O) groups is 2. The molecule has 8 heteroatoms. The van der Waals surface area contributed by atoms with Gasteiger partial charge in [-0.05, 0) is 49.2 Å². The SMILES string of the molecule is Cc1ccc(Cl)cc1N1CCN(C(=O)CC2C(=O)N(Cc3ccccc3)C(C)c3nc4ccccc4n32)CC1. The summed E-state index contributed by atoms with van der Waals surface area (Å²) in [6.07, 6.45) is 0.111. The van der Waals surface area contributed by atoms with Crippen molar-refractivity contribution in [2.75, 3.05) is 31.1 Å². The Labute approximate surface area is 233 Å².